The van der Waals surface area contributed by atoms with E-state index < -0.39 is 10.0 Å². The first-order valence-electron chi connectivity index (χ1n) is 6.66. The third-order valence-corrected chi connectivity index (χ3v) is 5.79. The highest BCUT2D eigenvalue weighted by atomic mass is 32.2. The molecule has 0 radical (unpaired) electrons. The summed E-state index contributed by atoms with van der Waals surface area (Å²) in [5.74, 6) is 0.0229. The van der Waals surface area contributed by atoms with E-state index in [1.807, 2.05) is 33.8 Å². The fourth-order valence-corrected chi connectivity index (χ4v) is 4.55. The number of nitrogens with zero attached hydrogens (tertiary/aromatic N) is 2. The van der Waals surface area contributed by atoms with Gasteiger partial charge in [0.15, 0.2) is 5.82 Å². The Labute approximate surface area is 129 Å². The van der Waals surface area contributed by atoms with E-state index in [-0.39, 0.29) is 16.8 Å². The fourth-order valence-electron chi connectivity index (χ4n) is 2.23. The van der Waals surface area contributed by atoms with Crippen molar-refractivity contribution < 1.29 is 8.42 Å². The number of hydrogen-bond acceptors (Lipinski definition) is 5. The zero-order valence-corrected chi connectivity index (χ0v) is 14.2. The Hall–Kier alpha value is -1.38. The number of nitrogens with two attached hydrogens (primary N) is 1. The Balaban J connectivity index is 2.28. The van der Waals surface area contributed by atoms with Crippen molar-refractivity contribution in [2.75, 3.05) is 5.73 Å². The molecule has 2 heterocycles. The smallest absolute Gasteiger partial charge is 0.246 e. The molecule has 0 aromatic carbocycles. The second-order valence-corrected chi connectivity index (χ2v) is 8.09. The molecule has 116 valence electrons. The predicted molar refractivity (Wildman–Crippen MR) is 84.8 cm³/mol. The number of aryl methyl sites for hydroxylation is 3. The van der Waals surface area contributed by atoms with Crippen LogP contribution in [0.4, 0.5) is 5.82 Å². The van der Waals surface area contributed by atoms with E-state index >= 15 is 0 Å². The SMILES string of the molecule is CCn1cc(S(=O)(=O)NC(C)c2cc(C)sc2C)c(N)n1. The molecule has 0 saturated carbocycles. The normalized spacial score (nSPS) is 13.5. The minimum absolute atomic E-state index is 0.0229. The molecule has 1 atom stereocenters. The molecular formula is C13H20N4O2S2. The molecule has 0 saturated heterocycles. The van der Waals surface area contributed by atoms with Crippen molar-refractivity contribution in [1.29, 1.82) is 0 Å². The Morgan fingerprint density at radius 3 is 2.62 bits per heavy atom. The highest BCUT2D eigenvalue weighted by molar-refractivity contribution is 7.89. The number of sulfonamides is 1. The molecule has 0 aliphatic heterocycles. The first-order valence-corrected chi connectivity index (χ1v) is 8.96. The van der Waals surface area contributed by atoms with Gasteiger partial charge in [-0.1, -0.05) is 0 Å². The zero-order chi connectivity index (χ0) is 15.8. The van der Waals surface area contributed by atoms with Gasteiger partial charge in [0.2, 0.25) is 10.0 Å². The summed E-state index contributed by atoms with van der Waals surface area (Å²) >= 11 is 1.65. The van der Waals surface area contributed by atoms with E-state index in [2.05, 4.69) is 9.82 Å². The standard InChI is InChI=1S/C13H20N4O2S2/c1-5-17-7-12(13(14)15-17)21(18,19)16-9(3)11-6-8(2)20-10(11)4/h6-7,9,16H,5H2,1-4H3,(H2,14,15). The van der Waals surface area contributed by atoms with Crippen molar-refractivity contribution in [2.45, 2.75) is 45.2 Å². The van der Waals surface area contributed by atoms with E-state index in [1.165, 1.54) is 10.9 Å². The highest BCUT2D eigenvalue weighted by Gasteiger charge is 2.24. The van der Waals surface area contributed by atoms with Crippen LogP contribution in [0.3, 0.4) is 0 Å². The van der Waals surface area contributed by atoms with Crippen LogP contribution in [0, 0.1) is 13.8 Å². The predicted octanol–water partition coefficient (Wildman–Crippen LogP) is 2.20. The van der Waals surface area contributed by atoms with Crippen LogP contribution in [0.1, 0.15) is 35.2 Å². The van der Waals surface area contributed by atoms with Gasteiger partial charge in [0.1, 0.15) is 4.90 Å². The van der Waals surface area contributed by atoms with Crippen molar-refractivity contribution in [1.82, 2.24) is 14.5 Å². The molecule has 21 heavy (non-hydrogen) atoms. The average Bonchev–Trinajstić information content (AvgIpc) is 2.91. The molecule has 0 amide bonds. The molecule has 0 fully saturated rings. The zero-order valence-electron chi connectivity index (χ0n) is 12.5. The molecular weight excluding hydrogens is 308 g/mol. The molecule has 8 heteroatoms. The maximum Gasteiger partial charge on any atom is 0.246 e. The van der Waals surface area contributed by atoms with Crippen molar-refractivity contribution in [2.24, 2.45) is 0 Å². The second-order valence-electron chi connectivity index (χ2n) is 4.95. The van der Waals surface area contributed by atoms with Crippen molar-refractivity contribution in [3.8, 4) is 0 Å². The summed E-state index contributed by atoms with van der Waals surface area (Å²) in [5, 5.41) is 3.97. The van der Waals surface area contributed by atoms with Gasteiger partial charge in [-0.2, -0.15) is 5.10 Å². The van der Waals surface area contributed by atoms with E-state index in [0.29, 0.717) is 6.54 Å². The van der Waals surface area contributed by atoms with Crippen LogP contribution in [-0.2, 0) is 16.6 Å². The average molecular weight is 328 g/mol. The van der Waals surface area contributed by atoms with Gasteiger partial charge in [0, 0.05) is 28.5 Å². The third kappa shape index (κ3) is 3.28. The summed E-state index contributed by atoms with van der Waals surface area (Å²) in [6, 6.07) is 1.69. The maximum atomic E-state index is 12.4. The summed E-state index contributed by atoms with van der Waals surface area (Å²) in [6.45, 7) is 8.26. The number of aromatic nitrogens is 2. The van der Waals surface area contributed by atoms with Crippen LogP contribution in [0.15, 0.2) is 17.2 Å². The summed E-state index contributed by atoms with van der Waals surface area (Å²) in [6.07, 6.45) is 1.45. The lowest BCUT2D eigenvalue weighted by atomic mass is 10.1. The summed E-state index contributed by atoms with van der Waals surface area (Å²) in [5.41, 5.74) is 6.69. The minimum Gasteiger partial charge on any atom is -0.381 e. The van der Waals surface area contributed by atoms with Crippen LogP contribution in [0.25, 0.3) is 0 Å². The van der Waals surface area contributed by atoms with Gasteiger partial charge >= 0.3 is 0 Å². The number of nitrogen functional groups attached to an aromatic ring is 1. The van der Waals surface area contributed by atoms with Crippen LogP contribution < -0.4 is 10.5 Å². The number of hydrogen-bond donors (Lipinski definition) is 2. The van der Waals surface area contributed by atoms with E-state index in [4.69, 9.17) is 5.73 Å². The lowest BCUT2D eigenvalue weighted by Gasteiger charge is -2.13. The molecule has 2 aromatic heterocycles. The Kier molecular flexibility index (Phi) is 4.40. The van der Waals surface area contributed by atoms with Crippen LogP contribution in [-0.4, -0.2) is 18.2 Å². The molecule has 3 N–H and O–H groups in total. The lowest BCUT2D eigenvalue weighted by Crippen LogP contribution is -2.27. The molecule has 6 nitrogen and oxygen atoms in total. The van der Waals surface area contributed by atoms with Crippen molar-refractivity contribution in [3.05, 3.63) is 27.6 Å². The molecule has 0 aliphatic rings. The minimum atomic E-state index is -3.69. The summed E-state index contributed by atoms with van der Waals surface area (Å²) in [7, 11) is -3.69. The van der Waals surface area contributed by atoms with Gasteiger partial charge in [0.05, 0.1) is 0 Å². The molecule has 0 spiro atoms. The molecule has 0 aliphatic carbocycles. The van der Waals surface area contributed by atoms with Crippen molar-refractivity contribution in [3.63, 3.8) is 0 Å². The van der Waals surface area contributed by atoms with E-state index in [0.717, 1.165) is 15.3 Å². The second kappa shape index (κ2) is 5.78. The largest absolute Gasteiger partial charge is 0.381 e. The van der Waals surface area contributed by atoms with E-state index in [1.54, 1.807) is 11.3 Å². The molecule has 2 aromatic rings. The van der Waals surface area contributed by atoms with Gasteiger partial charge in [-0.25, -0.2) is 13.1 Å². The number of nitrogens with one attached hydrogen (secondary N) is 1. The Morgan fingerprint density at radius 2 is 2.14 bits per heavy atom. The Bertz CT molecular complexity index is 746. The topological polar surface area (TPSA) is 90.0 Å². The number of rotatable bonds is 5. The quantitative estimate of drug-likeness (QED) is 0.880. The molecule has 1 unspecified atom stereocenters. The van der Waals surface area contributed by atoms with Gasteiger partial charge in [-0.05, 0) is 39.3 Å². The summed E-state index contributed by atoms with van der Waals surface area (Å²) < 4.78 is 29.1. The van der Waals surface area contributed by atoms with Gasteiger partial charge < -0.3 is 5.73 Å². The number of thiophene rings is 1. The van der Waals surface area contributed by atoms with Crippen LogP contribution in [0.5, 0.6) is 0 Å². The molecule has 0 bridgehead atoms. The Morgan fingerprint density at radius 1 is 1.48 bits per heavy atom. The van der Waals surface area contributed by atoms with Gasteiger partial charge in [0.25, 0.3) is 0 Å². The summed E-state index contributed by atoms with van der Waals surface area (Å²) in [4.78, 5) is 2.30. The van der Waals surface area contributed by atoms with Gasteiger partial charge in [-0.3, -0.25) is 4.68 Å². The first kappa shape index (κ1) is 16.0. The monoisotopic (exact) mass is 328 g/mol. The highest BCUT2D eigenvalue weighted by Crippen LogP contribution is 2.28. The van der Waals surface area contributed by atoms with Gasteiger partial charge in [-0.15, -0.1) is 11.3 Å². The third-order valence-electron chi connectivity index (χ3n) is 3.25. The lowest BCUT2D eigenvalue weighted by molar-refractivity contribution is 0.566. The van der Waals surface area contributed by atoms with E-state index in [9.17, 15) is 8.42 Å². The van der Waals surface area contributed by atoms with Crippen LogP contribution >= 0.6 is 11.3 Å². The maximum absolute atomic E-state index is 12.4. The fraction of sp³-hybridized carbons (Fsp3) is 0.462. The first-order chi connectivity index (χ1) is 9.74. The molecule has 2 rings (SSSR count). The van der Waals surface area contributed by atoms with Crippen molar-refractivity contribution >= 4 is 27.2 Å². The van der Waals surface area contributed by atoms with Crippen LogP contribution in [0.2, 0.25) is 0 Å². The number of anilines is 1.